The number of nitrogens with one attached hydrogen (secondary N) is 1. The van der Waals surface area contributed by atoms with Crippen molar-refractivity contribution in [2.75, 3.05) is 30.4 Å². The standard InChI is InChI=1S/C13H23N5O2/c1-8(2)20-13-16-11(14-5)15-12(17-13)18-6-10(4)19-7-9(18)3/h8-10H,6-7H2,1-5H3,(H,14,15,16,17). The first-order chi connectivity index (χ1) is 9.49. The Morgan fingerprint density at radius 3 is 2.70 bits per heavy atom. The van der Waals surface area contributed by atoms with Crippen LogP contribution in [-0.4, -0.2) is 53.4 Å². The number of aromatic nitrogens is 3. The van der Waals surface area contributed by atoms with Gasteiger partial charge in [-0.25, -0.2) is 0 Å². The normalized spacial score (nSPS) is 23.0. The third-order valence-electron chi connectivity index (χ3n) is 3.03. The second-order valence-corrected chi connectivity index (χ2v) is 5.30. The molecule has 1 aliphatic rings. The van der Waals surface area contributed by atoms with Crippen molar-refractivity contribution in [3.8, 4) is 6.01 Å². The van der Waals surface area contributed by atoms with Crippen LogP contribution < -0.4 is 15.0 Å². The number of anilines is 2. The molecule has 2 unspecified atom stereocenters. The fourth-order valence-electron chi connectivity index (χ4n) is 2.03. The first kappa shape index (κ1) is 14.8. The molecule has 7 nitrogen and oxygen atoms in total. The highest BCUT2D eigenvalue weighted by molar-refractivity contribution is 5.39. The summed E-state index contributed by atoms with van der Waals surface area (Å²) in [7, 11) is 1.78. The van der Waals surface area contributed by atoms with E-state index in [0.29, 0.717) is 24.5 Å². The van der Waals surface area contributed by atoms with Gasteiger partial charge >= 0.3 is 6.01 Å². The van der Waals surface area contributed by atoms with Crippen LogP contribution in [0.5, 0.6) is 6.01 Å². The molecule has 1 N–H and O–H groups in total. The topological polar surface area (TPSA) is 72.4 Å². The van der Waals surface area contributed by atoms with E-state index in [1.807, 2.05) is 20.8 Å². The van der Waals surface area contributed by atoms with Gasteiger partial charge in [0.15, 0.2) is 0 Å². The molecule has 1 saturated heterocycles. The van der Waals surface area contributed by atoms with Crippen LogP contribution in [0.1, 0.15) is 27.7 Å². The van der Waals surface area contributed by atoms with Crippen LogP contribution in [0.3, 0.4) is 0 Å². The zero-order chi connectivity index (χ0) is 14.7. The maximum atomic E-state index is 5.63. The minimum absolute atomic E-state index is 0.0241. The van der Waals surface area contributed by atoms with Gasteiger partial charge in [0.25, 0.3) is 0 Å². The Balaban J connectivity index is 2.29. The third-order valence-corrected chi connectivity index (χ3v) is 3.03. The Hall–Kier alpha value is -1.63. The quantitative estimate of drug-likeness (QED) is 0.892. The average Bonchev–Trinajstić information content (AvgIpc) is 2.40. The molecular formula is C13H23N5O2. The van der Waals surface area contributed by atoms with E-state index in [1.165, 1.54) is 0 Å². The summed E-state index contributed by atoms with van der Waals surface area (Å²) in [6.45, 7) is 9.46. The molecule has 0 aliphatic carbocycles. The maximum Gasteiger partial charge on any atom is 0.323 e. The zero-order valence-corrected chi connectivity index (χ0v) is 12.8. The second kappa shape index (κ2) is 6.21. The fourth-order valence-corrected chi connectivity index (χ4v) is 2.03. The monoisotopic (exact) mass is 281 g/mol. The predicted octanol–water partition coefficient (Wildman–Crippen LogP) is 1.31. The Morgan fingerprint density at radius 2 is 2.05 bits per heavy atom. The van der Waals surface area contributed by atoms with Gasteiger partial charge in [0.1, 0.15) is 0 Å². The van der Waals surface area contributed by atoms with Gasteiger partial charge in [-0.15, -0.1) is 0 Å². The van der Waals surface area contributed by atoms with Gasteiger partial charge in [-0.2, -0.15) is 15.0 Å². The molecule has 0 aromatic carbocycles. The van der Waals surface area contributed by atoms with Crippen LogP contribution in [0.2, 0.25) is 0 Å². The van der Waals surface area contributed by atoms with Crippen molar-refractivity contribution in [2.45, 2.75) is 45.9 Å². The van der Waals surface area contributed by atoms with E-state index in [9.17, 15) is 0 Å². The third kappa shape index (κ3) is 3.47. The van der Waals surface area contributed by atoms with Crippen molar-refractivity contribution >= 4 is 11.9 Å². The highest BCUT2D eigenvalue weighted by atomic mass is 16.5. The summed E-state index contributed by atoms with van der Waals surface area (Å²) in [5, 5.41) is 2.95. The molecule has 0 spiro atoms. The molecular weight excluding hydrogens is 258 g/mol. The van der Waals surface area contributed by atoms with Crippen molar-refractivity contribution in [3.05, 3.63) is 0 Å². The molecule has 20 heavy (non-hydrogen) atoms. The number of ether oxygens (including phenoxy) is 2. The summed E-state index contributed by atoms with van der Waals surface area (Å²) in [4.78, 5) is 15.2. The minimum atomic E-state index is 0.0241. The van der Waals surface area contributed by atoms with Gasteiger partial charge in [0.05, 0.1) is 24.9 Å². The van der Waals surface area contributed by atoms with Crippen LogP contribution in [0.4, 0.5) is 11.9 Å². The molecule has 7 heteroatoms. The maximum absolute atomic E-state index is 5.63. The number of hydrogen-bond donors (Lipinski definition) is 1. The minimum Gasteiger partial charge on any atom is -0.461 e. The Labute approximate surface area is 119 Å². The van der Waals surface area contributed by atoms with Gasteiger partial charge in [0, 0.05) is 13.6 Å². The smallest absolute Gasteiger partial charge is 0.323 e. The van der Waals surface area contributed by atoms with Crippen molar-refractivity contribution in [2.24, 2.45) is 0 Å². The number of rotatable bonds is 4. The first-order valence-corrected chi connectivity index (χ1v) is 6.98. The van der Waals surface area contributed by atoms with Crippen LogP contribution in [-0.2, 0) is 4.74 Å². The largest absolute Gasteiger partial charge is 0.461 e. The van der Waals surface area contributed by atoms with E-state index >= 15 is 0 Å². The fraction of sp³-hybridized carbons (Fsp3) is 0.769. The van der Waals surface area contributed by atoms with Gasteiger partial charge in [-0.05, 0) is 27.7 Å². The zero-order valence-electron chi connectivity index (χ0n) is 12.8. The molecule has 1 aromatic rings. The Morgan fingerprint density at radius 1 is 1.30 bits per heavy atom. The van der Waals surface area contributed by atoms with Crippen LogP contribution >= 0.6 is 0 Å². The van der Waals surface area contributed by atoms with E-state index in [0.717, 1.165) is 6.54 Å². The molecule has 0 saturated carbocycles. The number of hydrogen-bond acceptors (Lipinski definition) is 7. The van der Waals surface area contributed by atoms with Crippen molar-refractivity contribution < 1.29 is 9.47 Å². The van der Waals surface area contributed by atoms with E-state index in [2.05, 4.69) is 32.1 Å². The summed E-state index contributed by atoms with van der Waals surface area (Å²) in [5.41, 5.74) is 0. The molecule has 0 amide bonds. The van der Waals surface area contributed by atoms with Crippen molar-refractivity contribution in [3.63, 3.8) is 0 Å². The Bertz CT molecular complexity index is 454. The summed E-state index contributed by atoms with van der Waals surface area (Å²) in [6.07, 6.45) is 0.187. The predicted molar refractivity (Wildman–Crippen MR) is 77.4 cm³/mol. The summed E-state index contributed by atoms with van der Waals surface area (Å²) in [6, 6.07) is 0.575. The van der Waals surface area contributed by atoms with Crippen LogP contribution in [0.15, 0.2) is 0 Å². The SMILES string of the molecule is CNc1nc(OC(C)C)nc(N2CC(C)OCC2C)n1. The number of nitrogens with zero attached hydrogens (tertiary/aromatic N) is 4. The molecule has 0 radical (unpaired) electrons. The lowest BCUT2D eigenvalue weighted by atomic mass is 10.2. The highest BCUT2D eigenvalue weighted by Gasteiger charge is 2.26. The lowest BCUT2D eigenvalue weighted by Gasteiger charge is -2.36. The van der Waals surface area contributed by atoms with Crippen molar-refractivity contribution in [1.29, 1.82) is 0 Å². The molecule has 2 atom stereocenters. The van der Waals surface area contributed by atoms with E-state index < -0.39 is 0 Å². The lowest BCUT2D eigenvalue weighted by Crippen LogP contribution is -2.48. The van der Waals surface area contributed by atoms with Gasteiger partial charge in [0.2, 0.25) is 11.9 Å². The first-order valence-electron chi connectivity index (χ1n) is 6.98. The molecule has 2 heterocycles. The van der Waals surface area contributed by atoms with Crippen molar-refractivity contribution in [1.82, 2.24) is 15.0 Å². The van der Waals surface area contributed by atoms with Gasteiger partial charge in [-0.3, -0.25) is 0 Å². The van der Waals surface area contributed by atoms with Gasteiger partial charge in [-0.1, -0.05) is 0 Å². The molecule has 0 bridgehead atoms. The summed E-state index contributed by atoms with van der Waals surface area (Å²) in [5.74, 6) is 1.14. The number of morpholine rings is 1. The molecule has 112 valence electrons. The van der Waals surface area contributed by atoms with Crippen LogP contribution in [0, 0.1) is 0 Å². The molecule has 1 fully saturated rings. The Kier molecular flexibility index (Phi) is 4.59. The van der Waals surface area contributed by atoms with E-state index in [4.69, 9.17) is 9.47 Å². The summed E-state index contributed by atoms with van der Waals surface area (Å²) < 4.78 is 11.2. The second-order valence-electron chi connectivity index (χ2n) is 5.30. The van der Waals surface area contributed by atoms with Crippen LogP contribution in [0.25, 0.3) is 0 Å². The highest BCUT2D eigenvalue weighted by Crippen LogP contribution is 2.21. The molecule has 1 aliphatic heterocycles. The lowest BCUT2D eigenvalue weighted by molar-refractivity contribution is 0.0336. The molecule has 1 aromatic heterocycles. The van der Waals surface area contributed by atoms with E-state index in [-0.39, 0.29) is 18.2 Å². The summed E-state index contributed by atoms with van der Waals surface area (Å²) >= 11 is 0. The van der Waals surface area contributed by atoms with Gasteiger partial charge < -0.3 is 19.7 Å². The van der Waals surface area contributed by atoms with E-state index in [1.54, 1.807) is 7.05 Å². The molecule has 2 rings (SSSR count). The average molecular weight is 281 g/mol.